The van der Waals surface area contributed by atoms with E-state index in [2.05, 4.69) is 0 Å². The molecule has 0 N–H and O–H groups in total. The van der Waals surface area contributed by atoms with Crippen LogP contribution in [0.1, 0.15) is 12.8 Å². The highest BCUT2D eigenvalue weighted by molar-refractivity contribution is 7.93. The van der Waals surface area contributed by atoms with Crippen LogP contribution in [0.3, 0.4) is 0 Å². The maximum Gasteiger partial charge on any atom is 0.166 e. The normalized spacial score (nSPS) is 38.9. The summed E-state index contributed by atoms with van der Waals surface area (Å²) in [7, 11) is -2.86. The van der Waals surface area contributed by atoms with Crippen LogP contribution in [-0.2, 0) is 9.84 Å². The van der Waals surface area contributed by atoms with Crippen molar-refractivity contribution in [2.24, 2.45) is 0 Å². The molecule has 2 rings (SSSR count). The number of hydrogen-bond donors (Lipinski definition) is 0. The molecule has 0 amide bonds. The highest BCUT2D eigenvalue weighted by atomic mass is 32.2. The van der Waals surface area contributed by atoms with Crippen LogP contribution in [0.25, 0.3) is 0 Å². The van der Waals surface area contributed by atoms with Gasteiger partial charge in [-0.1, -0.05) is 24.3 Å². The van der Waals surface area contributed by atoms with Gasteiger partial charge in [-0.3, -0.25) is 0 Å². The molecule has 0 fully saturated rings. The zero-order chi connectivity index (χ0) is 7.90. The molecule has 0 saturated heterocycles. The minimum absolute atomic E-state index is 0.206. The molecule has 0 saturated carbocycles. The van der Waals surface area contributed by atoms with E-state index in [1.807, 2.05) is 12.2 Å². The van der Waals surface area contributed by atoms with E-state index >= 15 is 0 Å². The third-order valence-electron chi connectivity index (χ3n) is 2.26. The van der Waals surface area contributed by atoms with Gasteiger partial charge in [0, 0.05) is 0 Å². The Morgan fingerprint density at radius 3 is 2.82 bits per heavy atom. The summed E-state index contributed by atoms with van der Waals surface area (Å²) in [5.41, 5.74) is 0. The number of sulfone groups is 1. The zero-order valence-electron chi connectivity index (χ0n) is 6.10. The first-order valence-electron chi connectivity index (χ1n) is 3.79. The van der Waals surface area contributed by atoms with Crippen molar-refractivity contribution in [3.8, 4) is 0 Å². The van der Waals surface area contributed by atoms with Gasteiger partial charge in [0.05, 0.1) is 10.5 Å². The molecule has 0 unspecified atom stereocenters. The average molecular weight is 170 g/mol. The Kier molecular flexibility index (Phi) is 1.42. The summed E-state index contributed by atoms with van der Waals surface area (Å²) in [6.45, 7) is 0. The van der Waals surface area contributed by atoms with Crippen molar-refractivity contribution >= 4 is 9.84 Å². The predicted octanol–water partition coefficient (Wildman–Crippen LogP) is 1.06. The summed E-state index contributed by atoms with van der Waals surface area (Å²) in [5.74, 6) is 0. The summed E-state index contributed by atoms with van der Waals surface area (Å²) in [6.07, 6.45) is 9.01. The van der Waals surface area contributed by atoms with Crippen LogP contribution >= 0.6 is 0 Å². The smallest absolute Gasteiger partial charge is 0.166 e. The van der Waals surface area contributed by atoms with Crippen LogP contribution in [0.2, 0.25) is 0 Å². The van der Waals surface area contributed by atoms with Gasteiger partial charge in [-0.2, -0.15) is 0 Å². The van der Waals surface area contributed by atoms with E-state index in [1.165, 1.54) is 0 Å². The second-order valence-electron chi connectivity index (χ2n) is 2.98. The van der Waals surface area contributed by atoms with Crippen molar-refractivity contribution < 1.29 is 8.42 Å². The van der Waals surface area contributed by atoms with Crippen molar-refractivity contribution in [3.05, 3.63) is 24.3 Å². The van der Waals surface area contributed by atoms with Crippen molar-refractivity contribution in [1.82, 2.24) is 0 Å². The fourth-order valence-corrected chi connectivity index (χ4v) is 3.40. The Morgan fingerprint density at radius 2 is 2.00 bits per heavy atom. The molecule has 2 atom stereocenters. The SMILES string of the molecule is O=S1(=O)[C@H]2C=CCC[C@H]1C=C2. The Hall–Kier alpha value is -0.570. The van der Waals surface area contributed by atoms with Crippen LogP contribution in [0, 0.1) is 0 Å². The quantitative estimate of drug-likeness (QED) is 0.509. The monoisotopic (exact) mass is 170 g/mol. The van der Waals surface area contributed by atoms with Gasteiger partial charge < -0.3 is 0 Å². The lowest BCUT2D eigenvalue weighted by Gasteiger charge is -2.06. The summed E-state index contributed by atoms with van der Waals surface area (Å²) in [5, 5.41) is -0.530. The van der Waals surface area contributed by atoms with Gasteiger partial charge in [0.15, 0.2) is 9.84 Å². The number of fused-ring (bicyclic) bond motifs is 2. The van der Waals surface area contributed by atoms with E-state index in [4.69, 9.17) is 0 Å². The molecule has 2 aliphatic heterocycles. The third kappa shape index (κ3) is 0.948. The molecule has 3 heteroatoms. The molecule has 11 heavy (non-hydrogen) atoms. The molecule has 2 nitrogen and oxygen atoms in total. The van der Waals surface area contributed by atoms with E-state index in [-0.39, 0.29) is 10.5 Å². The lowest BCUT2D eigenvalue weighted by atomic mass is 10.1. The van der Waals surface area contributed by atoms with E-state index in [9.17, 15) is 8.42 Å². The molecule has 0 aliphatic carbocycles. The molecule has 0 aromatic rings. The molecular formula is C8H10O2S. The molecule has 0 spiro atoms. The summed E-state index contributed by atoms with van der Waals surface area (Å²) >= 11 is 0. The maximum absolute atomic E-state index is 11.5. The Balaban J connectivity index is 2.50. The molecule has 2 aliphatic rings. The van der Waals surface area contributed by atoms with Gasteiger partial charge in [0.25, 0.3) is 0 Å². The van der Waals surface area contributed by atoms with E-state index in [1.54, 1.807) is 12.2 Å². The predicted molar refractivity (Wildman–Crippen MR) is 44.0 cm³/mol. The van der Waals surface area contributed by atoms with Crippen LogP contribution in [0.15, 0.2) is 24.3 Å². The van der Waals surface area contributed by atoms with E-state index in [0.29, 0.717) is 0 Å². The summed E-state index contributed by atoms with van der Waals surface area (Å²) in [4.78, 5) is 0. The van der Waals surface area contributed by atoms with E-state index < -0.39 is 9.84 Å². The molecule has 0 aromatic carbocycles. The Bertz CT molecular complexity index is 311. The lowest BCUT2D eigenvalue weighted by molar-refractivity contribution is 0.588. The molecule has 2 bridgehead atoms. The van der Waals surface area contributed by atoms with Crippen molar-refractivity contribution in [1.29, 1.82) is 0 Å². The van der Waals surface area contributed by atoms with Gasteiger partial charge in [-0.15, -0.1) is 0 Å². The number of allylic oxidation sites excluding steroid dienone is 1. The van der Waals surface area contributed by atoms with Gasteiger partial charge in [0.1, 0.15) is 0 Å². The maximum atomic E-state index is 11.5. The van der Waals surface area contributed by atoms with Gasteiger partial charge in [0.2, 0.25) is 0 Å². The number of hydrogen-bond acceptors (Lipinski definition) is 2. The minimum Gasteiger partial charge on any atom is -0.227 e. The van der Waals surface area contributed by atoms with Crippen molar-refractivity contribution in [2.45, 2.75) is 23.3 Å². The molecule has 0 aromatic heterocycles. The average Bonchev–Trinajstić information content (AvgIpc) is 2.00. The topological polar surface area (TPSA) is 34.1 Å². The first-order chi connectivity index (χ1) is 5.21. The van der Waals surface area contributed by atoms with Crippen LogP contribution in [0.5, 0.6) is 0 Å². The van der Waals surface area contributed by atoms with Crippen LogP contribution in [0.4, 0.5) is 0 Å². The van der Waals surface area contributed by atoms with Crippen molar-refractivity contribution in [2.75, 3.05) is 0 Å². The fourth-order valence-electron chi connectivity index (χ4n) is 1.58. The standard InChI is InChI=1S/C8H10O2S/c9-11(10)7-3-1-2-4-8(11)6-5-7/h1,3,5-8H,2,4H2/t7-,8-/m0/s1. The Labute approximate surface area is 66.5 Å². The van der Waals surface area contributed by atoms with Gasteiger partial charge in [-0.05, 0) is 12.8 Å². The molecular weight excluding hydrogens is 160 g/mol. The van der Waals surface area contributed by atoms with Crippen LogP contribution < -0.4 is 0 Å². The highest BCUT2D eigenvalue weighted by Crippen LogP contribution is 2.27. The summed E-state index contributed by atoms with van der Waals surface area (Å²) < 4.78 is 23.0. The first kappa shape index (κ1) is 7.10. The lowest BCUT2D eigenvalue weighted by Crippen LogP contribution is -2.20. The van der Waals surface area contributed by atoms with Gasteiger partial charge in [-0.25, -0.2) is 8.42 Å². The third-order valence-corrected chi connectivity index (χ3v) is 4.57. The second kappa shape index (κ2) is 2.21. The van der Waals surface area contributed by atoms with Gasteiger partial charge >= 0.3 is 0 Å². The van der Waals surface area contributed by atoms with Crippen molar-refractivity contribution in [3.63, 3.8) is 0 Å². The Morgan fingerprint density at radius 1 is 1.18 bits per heavy atom. The second-order valence-corrected chi connectivity index (χ2v) is 5.31. The highest BCUT2D eigenvalue weighted by Gasteiger charge is 2.35. The largest absolute Gasteiger partial charge is 0.227 e. The summed E-state index contributed by atoms with van der Waals surface area (Å²) in [6, 6.07) is 0. The van der Waals surface area contributed by atoms with E-state index in [0.717, 1.165) is 12.8 Å². The molecule has 60 valence electrons. The molecule has 0 radical (unpaired) electrons. The fraction of sp³-hybridized carbons (Fsp3) is 0.500. The number of rotatable bonds is 0. The first-order valence-corrected chi connectivity index (χ1v) is 5.40. The van der Waals surface area contributed by atoms with Crippen LogP contribution in [-0.4, -0.2) is 18.9 Å². The molecule has 2 heterocycles. The zero-order valence-corrected chi connectivity index (χ0v) is 6.92. The minimum atomic E-state index is -2.86.